The van der Waals surface area contributed by atoms with Gasteiger partial charge in [-0.3, -0.25) is 0 Å². The topological polar surface area (TPSA) is 64.3 Å². The van der Waals surface area contributed by atoms with Crippen LogP contribution in [0.5, 0.6) is 0 Å². The molecule has 0 spiro atoms. The number of amides is 1. The molecular formula is C13H24N2O2. The molecule has 2 fully saturated rings. The molecule has 0 aliphatic heterocycles. The lowest BCUT2D eigenvalue weighted by Crippen LogP contribution is -2.49. The quantitative estimate of drug-likeness (QED) is 0.737. The standard InChI is InChI=1S/C13H24N2O2/c1-13(2,3)17-12(16)15-11-8-4-5-9(11)7-10(14)6-8/h8-11H,4-7,14H2,1-3H3,(H,15,16)/t8-,9-,10?,11?/m0/s1. The van der Waals surface area contributed by atoms with Gasteiger partial charge >= 0.3 is 6.09 Å². The van der Waals surface area contributed by atoms with Crippen LogP contribution in [0.25, 0.3) is 0 Å². The minimum Gasteiger partial charge on any atom is -0.444 e. The highest BCUT2D eigenvalue weighted by molar-refractivity contribution is 5.68. The minimum absolute atomic E-state index is 0.282. The molecule has 1 amide bonds. The van der Waals surface area contributed by atoms with Gasteiger partial charge in [-0.1, -0.05) is 0 Å². The van der Waals surface area contributed by atoms with Crippen LogP contribution in [0.2, 0.25) is 0 Å². The second-order valence-corrected chi connectivity index (χ2v) is 6.50. The molecule has 98 valence electrons. The van der Waals surface area contributed by atoms with Gasteiger partial charge in [-0.2, -0.15) is 0 Å². The Balaban J connectivity index is 1.90. The van der Waals surface area contributed by atoms with E-state index in [-0.39, 0.29) is 12.1 Å². The summed E-state index contributed by atoms with van der Waals surface area (Å²) in [5, 5.41) is 3.04. The summed E-state index contributed by atoms with van der Waals surface area (Å²) in [4.78, 5) is 11.8. The first-order valence-electron chi connectivity index (χ1n) is 6.60. The maximum absolute atomic E-state index is 11.8. The van der Waals surface area contributed by atoms with Gasteiger partial charge in [0.1, 0.15) is 5.60 Å². The van der Waals surface area contributed by atoms with Gasteiger partial charge in [-0.05, 0) is 58.3 Å². The van der Waals surface area contributed by atoms with Gasteiger partial charge in [-0.25, -0.2) is 4.79 Å². The van der Waals surface area contributed by atoms with Crippen LogP contribution in [0.1, 0.15) is 46.5 Å². The van der Waals surface area contributed by atoms with Gasteiger partial charge in [0.2, 0.25) is 0 Å². The number of alkyl carbamates (subject to hydrolysis) is 1. The number of nitrogens with one attached hydrogen (secondary N) is 1. The van der Waals surface area contributed by atoms with Crippen molar-refractivity contribution in [3.05, 3.63) is 0 Å². The fourth-order valence-corrected chi connectivity index (χ4v) is 3.25. The zero-order valence-electron chi connectivity index (χ0n) is 11.0. The Morgan fingerprint density at radius 1 is 1.24 bits per heavy atom. The summed E-state index contributed by atoms with van der Waals surface area (Å²) in [6.45, 7) is 5.66. The number of ether oxygens (including phenoxy) is 1. The molecule has 2 aliphatic rings. The Bertz CT molecular complexity index is 284. The molecule has 4 nitrogen and oxygen atoms in total. The van der Waals surface area contributed by atoms with Crippen molar-refractivity contribution in [1.29, 1.82) is 0 Å². The maximum atomic E-state index is 11.8. The van der Waals surface area contributed by atoms with Crippen LogP contribution in [-0.2, 0) is 4.74 Å². The molecule has 0 unspecified atom stereocenters. The Morgan fingerprint density at radius 3 is 2.24 bits per heavy atom. The van der Waals surface area contributed by atoms with E-state index in [0.29, 0.717) is 17.9 Å². The van der Waals surface area contributed by atoms with Crippen LogP contribution in [0.15, 0.2) is 0 Å². The van der Waals surface area contributed by atoms with E-state index < -0.39 is 5.60 Å². The van der Waals surface area contributed by atoms with Crippen molar-refractivity contribution in [2.45, 2.75) is 64.1 Å². The molecule has 0 aromatic heterocycles. The predicted octanol–water partition coefficient (Wildman–Crippen LogP) is 2.03. The third-order valence-electron chi connectivity index (χ3n) is 3.82. The van der Waals surface area contributed by atoms with Crippen LogP contribution < -0.4 is 11.1 Å². The number of carbonyl (C=O) groups is 1. The van der Waals surface area contributed by atoms with E-state index in [2.05, 4.69) is 5.32 Å². The predicted molar refractivity (Wildman–Crippen MR) is 66.6 cm³/mol. The number of fused-ring (bicyclic) bond motifs is 2. The molecule has 17 heavy (non-hydrogen) atoms. The SMILES string of the molecule is CC(C)(C)OC(=O)NC1[C@H]2CC[C@H]1CC(N)C2. The molecule has 2 bridgehead atoms. The van der Waals surface area contributed by atoms with Crippen molar-refractivity contribution < 1.29 is 9.53 Å². The summed E-state index contributed by atoms with van der Waals surface area (Å²) in [7, 11) is 0. The van der Waals surface area contributed by atoms with Crippen molar-refractivity contribution in [3.8, 4) is 0 Å². The summed E-state index contributed by atoms with van der Waals surface area (Å²) in [6.07, 6.45) is 4.18. The average molecular weight is 240 g/mol. The Kier molecular flexibility index (Phi) is 3.34. The number of hydrogen-bond donors (Lipinski definition) is 2. The van der Waals surface area contributed by atoms with Gasteiger partial charge in [0.05, 0.1) is 0 Å². The van der Waals surface area contributed by atoms with Gasteiger partial charge in [0, 0.05) is 12.1 Å². The third kappa shape index (κ3) is 3.12. The van der Waals surface area contributed by atoms with Crippen molar-refractivity contribution in [3.63, 3.8) is 0 Å². The fourth-order valence-electron chi connectivity index (χ4n) is 3.25. The zero-order valence-corrected chi connectivity index (χ0v) is 11.0. The second kappa shape index (κ2) is 4.48. The summed E-state index contributed by atoms with van der Waals surface area (Å²) >= 11 is 0. The largest absolute Gasteiger partial charge is 0.444 e. The maximum Gasteiger partial charge on any atom is 0.407 e. The number of nitrogens with two attached hydrogens (primary N) is 1. The van der Waals surface area contributed by atoms with Crippen molar-refractivity contribution in [2.24, 2.45) is 17.6 Å². The lowest BCUT2D eigenvalue weighted by Gasteiger charge is -2.34. The summed E-state index contributed by atoms with van der Waals surface area (Å²) in [5.41, 5.74) is 5.58. The molecule has 2 atom stereocenters. The van der Waals surface area contributed by atoms with Crippen molar-refractivity contribution >= 4 is 6.09 Å². The van der Waals surface area contributed by atoms with Crippen LogP contribution in [0, 0.1) is 11.8 Å². The summed E-state index contributed by atoms with van der Waals surface area (Å²) in [6, 6.07) is 0.605. The van der Waals surface area contributed by atoms with Crippen LogP contribution >= 0.6 is 0 Å². The van der Waals surface area contributed by atoms with Crippen LogP contribution in [0.3, 0.4) is 0 Å². The highest BCUT2D eigenvalue weighted by atomic mass is 16.6. The van der Waals surface area contributed by atoms with Gasteiger partial charge in [0.15, 0.2) is 0 Å². The van der Waals surface area contributed by atoms with E-state index in [4.69, 9.17) is 10.5 Å². The van der Waals surface area contributed by atoms with E-state index in [1.807, 2.05) is 20.8 Å². The molecule has 2 aliphatic carbocycles. The fraction of sp³-hybridized carbons (Fsp3) is 0.923. The summed E-state index contributed by atoms with van der Waals surface area (Å²) < 4.78 is 5.31. The highest BCUT2D eigenvalue weighted by Gasteiger charge is 2.42. The smallest absolute Gasteiger partial charge is 0.407 e. The first kappa shape index (κ1) is 12.7. The first-order chi connectivity index (χ1) is 7.85. The molecule has 0 radical (unpaired) electrons. The Labute approximate surface area is 103 Å². The monoisotopic (exact) mass is 240 g/mol. The van der Waals surface area contributed by atoms with Gasteiger partial charge in [-0.15, -0.1) is 0 Å². The van der Waals surface area contributed by atoms with E-state index in [1.165, 1.54) is 12.8 Å². The molecule has 0 heterocycles. The summed E-state index contributed by atoms with van der Waals surface area (Å²) in [5.74, 6) is 1.10. The molecule has 2 rings (SSSR count). The minimum atomic E-state index is -0.422. The highest BCUT2D eigenvalue weighted by Crippen LogP contribution is 2.41. The average Bonchev–Trinajstić information content (AvgIpc) is 2.42. The van der Waals surface area contributed by atoms with Gasteiger partial charge in [0.25, 0.3) is 0 Å². The molecule has 2 saturated carbocycles. The van der Waals surface area contributed by atoms with Crippen molar-refractivity contribution in [2.75, 3.05) is 0 Å². The molecular weight excluding hydrogens is 216 g/mol. The lowest BCUT2D eigenvalue weighted by molar-refractivity contribution is 0.0458. The zero-order chi connectivity index (χ0) is 12.6. The molecule has 4 heteroatoms. The van der Waals surface area contributed by atoms with E-state index >= 15 is 0 Å². The number of hydrogen-bond acceptors (Lipinski definition) is 3. The molecule has 0 saturated heterocycles. The Morgan fingerprint density at radius 2 is 1.76 bits per heavy atom. The number of rotatable bonds is 1. The molecule has 3 N–H and O–H groups in total. The van der Waals surface area contributed by atoms with Crippen molar-refractivity contribution in [1.82, 2.24) is 5.32 Å². The third-order valence-corrected chi connectivity index (χ3v) is 3.82. The Hall–Kier alpha value is -0.770. The van der Waals surface area contributed by atoms with Crippen LogP contribution in [0.4, 0.5) is 4.79 Å². The van der Waals surface area contributed by atoms with Crippen LogP contribution in [-0.4, -0.2) is 23.8 Å². The molecule has 0 aromatic rings. The number of carbonyl (C=O) groups excluding carboxylic acids is 1. The van der Waals surface area contributed by atoms with E-state index in [1.54, 1.807) is 0 Å². The first-order valence-corrected chi connectivity index (χ1v) is 6.60. The second-order valence-electron chi connectivity index (χ2n) is 6.50. The van der Waals surface area contributed by atoms with E-state index in [9.17, 15) is 4.79 Å². The van der Waals surface area contributed by atoms with E-state index in [0.717, 1.165) is 12.8 Å². The van der Waals surface area contributed by atoms with Gasteiger partial charge < -0.3 is 15.8 Å². The normalized spacial score (nSPS) is 36.7. The lowest BCUT2D eigenvalue weighted by atomic mass is 9.81. The molecule has 0 aromatic carbocycles.